The van der Waals surface area contributed by atoms with E-state index in [0.717, 1.165) is 37.4 Å². The molecular weight excluding hydrogens is 192 g/mol. The quantitative estimate of drug-likeness (QED) is 0.777. The molecule has 15 heavy (non-hydrogen) atoms. The van der Waals surface area contributed by atoms with Gasteiger partial charge in [0.1, 0.15) is 0 Å². The Bertz CT molecular complexity index is 336. The summed E-state index contributed by atoms with van der Waals surface area (Å²) in [6.07, 6.45) is 4.40. The third-order valence-electron chi connectivity index (χ3n) is 2.85. The van der Waals surface area contributed by atoms with Crippen LogP contribution in [0, 0.1) is 0 Å². The van der Waals surface area contributed by atoms with Gasteiger partial charge >= 0.3 is 0 Å². The van der Waals surface area contributed by atoms with Crippen molar-refractivity contribution in [1.82, 2.24) is 9.78 Å². The minimum Gasteiger partial charge on any atom is -0.394 e. The van der Waals surface area contributed by atoms with Crippen LogP contribution in [0.5, 0.6) is 0 Å². The summed E-state index contributed by atoms with van der Waals surface area (Å²) < 4.78 is 7.12. The predicted molar refractivity (Wildman–Crippen MR) is 59.9 cm³/mol. The summed E-state index contributed by atoms with van der Waals surface area (Å²) in [4.78, 5) is 2.20. The summed E-state index contributed by atoms with van der Waals surface area (Å²) in [5, 5.41) is 4.36. The fraction of sp³-hybridized carbons (Fsp3) is 0.700. The van der Waals surface area contributed by atoms with E-state index in [1.807, 2.05) is 13.2 Å². The molecule has 1 aliphatic heterocycles. The lowest BCUT2D eigenvalue weighted by Gasteiger charge is -2.32. The van der Waals surface area contributed by atoms with Crippen LogP contribution in [0.2, 0.25) is 0 Å². The smallest absolute Gasteiger partial charge is 0.173 e. The Labute approximate surface area is 89.8 Å². The Balaban J connectivity index is 2.13. The Kier molecular flexibility index (Phi) is 2.81. The Morgan fingerprint density at radius 3 is 3.00 bits per heavy atom. The summed E-state index contributed by atoms with van der Waals surface area (Å²) in [6, 6.07) is 0. The van der Waals surface area contributed by atoms with Crippen LogP contribution in [-0.2, 0) is 11.8 Å². The molecule has 2 N–H and O–H groups in total. The highest BCUT2D eigenvalue weighted by Gasteiger charge is 2.22. The van der Waals surface area contributed by atoms with Gasteiger partial charge in [0.25, 0.3) is 0 Å². The third-order valence-corrected chi connectivity index (χ3v) is 2.85. The van der Waals surface area contributed by atoms with Gasteiger partial charge in [-0.25, -0.2) is 0 Å². The number of nitrogen functional groups attached to an aromatic ring is 1. The molecular formula is C10H18N4O. The van der Waals surface area contributed by atoms with Crippen molar-refractivity contribution in [3.05, 3.63) is 6.20 Å². The van der Waals surface area contributed by atoms with Crippen LogP contribution in [0.15, 0.2) is 6.20 Å². The highest BCUT2D eigenvalue weighted by molar-refractivity contribution is 5.61. The number of nitrogens with two attached hydrogens (primary N) is 1. The highest BCUT2D eigenvalue weighted by atomic mass is 16.5. The predicted octanol–water partition coefficient (Wildman–Crippen LogP) is 0.617. The minimum absolute atomic E-state index is 0.306. The van der Waals surface area contributed by atoms with Gasteiger partial charge in [-0.1, -0.05) is 0 Å². The van der Waals surface area contributed by atoms with Gasteiger partial charge in [0.05, 0.1) is 11.8 Å². The van der Waals surface area contributed by atoms with Gasteiger partial charge in [-0.15, -0.1) is 0 Å². The van der Waals surface area contributed by atoms with Gasteiger partial charge in [0.2, 0.25) is 0 Å². The van der Waals surface area contributed by atoms with Gasteiger partial charge in [0.15, 0.2) is 5.82 Å². The molecule has 0 aromatic carbocycles. The molecule has 0 radical (unpaired) electrons. The van der Waals surface area contributed by atoms with Crippen LogP contribution in [0.3, 0.4) is 0 Å². The molecule has 5 nitrogen and oxygen atoms in total. The van der Waals surface area contributed by atoms with E-state index in [2.05, 4.69) is 10.00 Å². The summed E-state index contributed by atoms with van der Waals surface area (Å²) in [5.41, 5.74) is 6.64. The maximum atomic E-state index is 5.89. The Hall–Kier alpha value is -1.23. The van der Waals surface area contributed by atoms with Gasteiger partial charge in [-0.2, -0.15) is 5.10 Å². The number of anilines is 2. The largest absolute Gasteiger partial charge is 0.394 e. The van der Waals surface area contributed by atoms with Crippen molar-refractivity contribution in [3.63, 3.8) is 0 Å². The number of piperidine rings is 1. The van der Waals surface area contributed by atoms with Crippen molar-refractivity contribution in [3.8, 4) is 0 Å². The van der Waals surface area contributed by atoms with Gasteiger partial charge in [-0.05, 0) is 12.8 Å². The maximum absolute atomic E-state index is 5.89. The summed E-state index contributed by atoms with van der Waals surface area (Å²) in [7, 11) is 3.65. The molecule has 1 saturated heterocycles. The fourth-order valence-corrected chi connectivity index (χ4v) is 2.06. The normalized spacial score (nSPS) is 22.0. The number of ether oxygens (including phenoxy) is 1. The van der Waals surface area contributed by atoms with Crippen LogP contribution >= 0.6 is 0 Å². The molecule has 1 aromatic rings. The Morgan fingerprint density at radius 1 is 1.60 bits per heavy atom. The van der Waals surface area contributed by atoms with Crippen LogP contribution in [0.4, 0.5) is 11.5 Å². The molecule has 84 valence electrons. The van der Waals surface area contributed by atoms with Crippen molar-refractivity contribution < 1.29 is 4.74 Å². The van der Waals surface area contributed by atoms with E-state index in [1.54, 1.807) is 11.8 Å². The number of nitrogens with zero attached hydrogens (tertiary/aromatic N) is 3. The van der Waals surface area contributed by atoms with Crippen molar-refractivity contribution in [2.75, 3.05) is 30.8 Å². The van der Waals surface area contributed by atoms with Crippen molar-refractivity contribution in [2.24, 2.45) is 7.05 Å². The molecule has 1 fully saturated rings. The van der Waals surface area contributed by atoms with Gasteiger partial charge in [0, 0.05) is 33.4 Å². The molecule has 1 aromatic heterocycles. The molecule has 0 bridgehead atoms. The van der Waals surface area contributed by atoms with Gasteiger partial charge in [-0.3, -0.25) is 4.68 Å². The lowest BCUT2D eigenvalue weighted by Crippen LogP contribution is -2.39. The lowest BCUT2D eigenvalue weighted by molar-refractivity contribution is 0.0891. The summed E-state index contributed by atoms with van der Waals surface area (Å²) >= 11 is 0. The topological polar surface area (TPSA) is 56.3 Å². The second-order valence-electron chi connectivity index (χ2n) is 4.03. The first-order valence-corrected chi connectivity index (χ1v) is 5.27. The van der Waals surface area contributed by atoms with E-state index in [9.17, 15) is 0 Å². The number of hydrogen-bond acceptors (Lipinski definition) is 4. The second-order valence-corrected chi connectivity index (χ2v) is 4.03. The summed E-state index contributed by atoms with van der Waals surface area (Å²) in [5.74, 6) is 0.888. The van der Waals surface area contributed by atoms with Crippen molar-refractivity contribution in [1.29, 1.82) is 0 Å². The first-order valence-electron chi connectivity index (χ1n) is 5.27. The summed E-state index contributed by atoms with van der Waals surface area (Å²) in [6.45, 7) is 1.90. The molecule has 1 aliphatic rings. The number of aromatic nitrogens is 2. The van der Waals surface area contributed by atoms with E-state index in [4.69, 9.17) is 10.5 Å². The monoisotopic (exact) mass is 210 g/mol. The number of hydrogen-bond donors (Lipinski definition) is 1. The molecule has 2 rings (SSSR count). The molecule has 0 spiro atoms. The average molecular weight is 210 g/mol. The fourth-order valence-electron chi connectivity index (χ4n) is 2.06. The number of aryl methyl sites for hydroxylation is 1. The van der Waals surface area contributed by atoms with Crippen LogP contribution < -0.4 is 10.6 Å². The van der Waals surface area contributed by atoms with E-state index in [-0.39, 0.29) is 0 Å². The number of methoxy groups -OCH3 is 1. The molecule has 0 aliphatic carbocycles. The zero-order valence-electron chi connectivity index (χ0n) is 9.31. The highest BCUT2D eigenvalue weighted by Crippen LogP contribution is 2.24. The molecule has 0 saturated carbocycles. The standard InChI is InChI=1S/C10H18N4O/c1-13-7-9(11)10(12-13)14-5-3-4-8(6-14)15-2/h7-8H,3-6,11H2,1-2H3. The van der Waals surface area contributed by atoms with Gasteiger partial charge < -0.3 is 15.4 Å². The van der Waals surface area contributed by atoms with Crippen molar-refractivity contribution in [2.45, 2.75) is 18.9 Å². The number of rotatable bonds is 2. The zero-order chi connectivity index (χ0) is 10.8. The molecule has 1 unspecified atom stereocenters. The maximum Gasteiger partial charge on any atom is 0.173 e. The van der Waals surface area contributed by atoms with Crippen LogP contribution in [-0.4, -0.2) is 36.1 Å². The van der Waals surface area contributed by atoms with Crippen molar-refractivity contribution >= 4 is 11.5 Å². The van der Waals surface area contributed by atoms with E-state index in [1.165, 1.54) is 0 Å². The van der Waals surface area contributed by atoms with E-state index >= 15 is 0 Å². The second kappa shape index (κ2) is 4.10. The van der Waals surface area contributed by atoms with Crippen LogP contribution in [0.1, 0.15) is 12.8 Å². The molecule has 2 heterocycles. The first kappa shape index (κ1) is 10.3. The van der Waals surface area contributed by atoms with Crippen LogP contribution in [0.25, 0.3) is 0 Å². The Morgan fingerprint density at radius 2 is 2.40 bits per heavy atom. The third kappa shape index (κ3) is 2.07. The zero-order valence-corrected chi connectivity index (χ0v) is 9.31. The molecule has 5 heteroatoms. The van der Waals surface area contributed by atoms with E-state index < -0.39 is 0 Å². The first-order chi connectivity index (χ1) is 7.20. The van der Waals surface area contributed by atoms with E-state index in [0.29, 0.717) is 6.10 Å². The SMILES string of the molecule is COC1CCCN(c2nn(C)cc2N)C1. The minimum atomic E-state index is 0.306. The lowest BCUT2D eigenvalue weighted by atomic mass is 10.1. The molecule has 1 atom stereocenters. The average Bonchev–Trinajstić information content (AvgIpc) is 2.58. The molecule has 0 amide bonds.